The van der Waals surface area contributed by atoms with Gasteiger partial charge in [-0.3, -0.25) is 9.59 Å². The van der Waals surface area contributed by atoms with E-state index in [1.807, 2.05) is 6.08 Å². The maximum Gasteiger partial charge on any atom is 0.305 e. The summed E-state index contributed by atoms with van der Waals surface area (Å²) in [6.45, 7) is 4.91. The summed E-state index contributed by atoms with van der Waals surface area (Å²) < 4.78 is 5.50. The molecule has 0 aliphatic carbocycles. The topological polar surface area (TPSA) is 95.9 Å². The fraction of sp³-hybridized carbons (Fsp3) is 0.920. The quantitative estimate of drug-likeness (QED) is 0.0320. The highest BCUT2D eigenvalue weighted by atomic mass is 16.5. The summed E-state index contributed by atoms with van der Waals surface area (Å²) >= 11 is 0. The molecule has 0 spiro atoms. The van der Waals surface area contributed by atoms with Gasteiger partial charge in [0.25, 0.3) is 0 Å². The number of nitrogens with one attached hydrogen (secondary N) is 1. The van der Waals surface area contributed by atoms with Crippen LogP contribution >= 0.6 is 0 Å². The second-order valence-electron chi connectivity index (χ2n) is 25.6. The average Bonchev–Trinajstić information content (AvgIpc) is 3.47. The van der Waals surface area contributed by atoms with Crippen LogP contribution in [0.1, 0.15) is 418 Å². The minimum Gasteiger partial charge on any atom is -0.466 e. The molecule has 0 aliphatic heterocycles. The van der Waals surface area contributed by atoms with Gasteiger partial charge in [0.1, 0.15) is 0 Å². The number of ether oxygens (including phenoxy) is 1. The third kappa shape index (κ3) is 67.3. The number of carbonyl (C=O) groups excluding carboxylic acids is 2. The van der Waals surface area contributed by atoms with Crippen molar-refractivity contribution in [3.63, 3.8) is 0 Å². The van der Waals surface area contributed by atoms with Crippen LogP contribution < -0.4 is 5.32 Å². The van der Waals surface area contributed by atoms with Gasteiger partial charge >= 0.3 is 5.97 Å². The first-order valence-corrected chi connectivity index (χ1v) is 37.1. The van der Waals surface area contributed by atoms with Crippen molar-refractivity contribution in [2.75, 3.05) is 13.2 Å². The van der Waals surface area contributed by atoms with Gasteiger partial charge in [-0.05, 0) is 57.8 Å². The van der Waals surface area contributed by atoms with Crippen molar-refractivity contribution >= 4 is 11.9 Å². The number of amides is 1. The monoisotopic (exact) mass is 1140 g/mol. The largest absolute Gasteiger partial charge is 0.466 e. The highest BCUT2D eigenvalue weighted by molar-refractivity contribution is 5.76. The van der Waals surface area contributed by atoms with Gasteiger partial charge < -0.3 is 20.3 Å². The molecular formula is C75H145NO5. The van der Waals surface area contributed by atoms with Crippen molar-refractivity contribution in [2.45, 2.75) is 431 Å². The van der Waals surface area contributed by atoms with Crippen LogP contribution in [0.3, 0.4) is 0 Å². The molecular weight excluding hydrogens is 995 g/mol. The molecule has 6 heteroatoms. The maximum absolute atomic E-state index is 12.4. The summed E-state index contributed by atoms with van der Waals surface area (Å²) in [4.78, 5) is 24.5. The lowest BCUT2D eigenvalue weighted by Gasteiger charge is -2.20. The second-order valence-corrected chi connectivity index (χ2v) is 25.6. The molecule has 0 radical (unpaired) electrons. The summed E-state index contributed by atoms with van der Waals surface area (Å²) in [5.74, 6) is -0.0455. The van der Waals surface area contributed by atoms with E-state index >= 15 is 0 Å². The van der Waals surface area contributed by atoms with Crippen molar-refractivity contribution in [3.8, 4) is 0 Å². The molecule has 6 nitrogen and oxygen atoms in total. The van der Waals surface area contributed by atoms with Gasteiger partial charge in [-0.25, -0.2) is 0 Å². The lowest BCUT2D eigenvalue weighted by atomic mass is 10.0. The van der Waals surface area contributed by atoms with Gasteiger partial charge in [0.2, 0.25) is 5.91 Å². The average molecular weight is 1140 g/mol. The second kappa shape index (κ2) is 70.8. The van der Waals surface area contributed by atoms with Crippen molar-refractivity contribution in [2.24, 2.45) is 0 Å². The van der Waals surface area contributed by atoms with E-state index in [4.69, 9.17) is 4.74 Å². The van der Waals surface area contributed by atoms with E-state index in [-0.39, 0.29) is 18.5 Å². The molecule has 1 amide bonds. The highest BCUT2D eigenvalue weighted by Gasteiger charge is 2.18. The van der Waals surface area contributed by atoms with Crippen molar-refractivity contribution in [1.82, 2.24) is 5.32 Å². The Morgan fingerprint density at radius 2 is 0.580 bits per heavy atom. The molecule has 0 fully saturated rings. The minimum atomic E-state index is -0.838. The lowest BCUT2D eigenvalue weighted by Crippen LogP contribution is -2.45. The van der Waals surface area contributed by atoms with Crippen LogP contribution in [0.5, 0.6) is 0 Å². The number of unbranched alkanes of at least 4 members (excludes halogenated alkanes) is 57. The Labute approximate surface area is 507 Å². The first-order valence-electron chi connectivity index (χ1n) is 37.1. The summed E-state index contributed by atoms with van der Waals surface area (Å²) in [5.41, 5.74) is 0. The van der Waals surface area contributed by atoms with Crippen LogP contribution in [0.15, 0.2) is 24.3 Å². The standard InChI is InChI=1S/C75H145NO5/c1-3-5-7-9-11-13-15-16-42-46-49-53-57-61-65-69-75(80)81-70-66-62-58-54-50-47-44-41-39-37-35-33-31-29-27-25-23-21-19-17-18-20-22-24-26-28-30-32-34-36-38-40-43-45-48-52-56-60-64-68-74(79)76-72(71-77)73(78)67-63-59-55-51-14-12-10-8-6-4-2/h16,42,63,67,72-73,77-78H,3-15,17-41,43-62,64-66,68-71H2,1-2H3,(H,76,79)/b42-16-,67-63+. The fourth-order valence-corrected chi connectivity index (χ4v) is 11.8. The van der Waals surface area contributed by atoms with Gasteiger partial charge in [0.05, 0.1) is 25.4 Å². The SMILES string of the molecule is CCCCCCCC/C=C\CCCCCCCC(=O)OCCCCCCCCCCCCCCCCCCCCCCCCCCCCCCCCCCCCCCCCCC(=O)NC(CO)C(O)/C=C/CCCCCCCCCC. The first kappa shape index (κ1) is 79.3. The van der Waals surface area contributed by atoms with Crippen LogP contribution in [0.2, 0.25) is 0 Å². The number of esters is 1. The van der Waals surface area contributed by atoms with Crippen molar-refractivity contribution in [1.29, 1.82) is 0 Å². The number of hydrogen-bond acceptors (Lipinski definition) is 5. The molecule has 0 saturated carbocycles. The van der Waals surface area contributed by atoms with Crippen LogP contribution in [-0.2, 0) is 14.3 Å². The molecule has 0 aromatic heterocycles. The smallest absolute Gasteiger partial charge is 0.305 e. The van der Waals surface area contributed by atoms with E-state index in [1.54, 1.807) is 6.08 Å². The third-order valence-corrected chi connectivity index (χ3v) is 17.5. The molecule has 0 aromatic carbocycles. The van der Waals surface area contributed by atoms with Crippen molar-refractivity contribution in [3.05, 3.63) is 24.3 Å². The summed E-state index contributed by atoms with van der Waals surface area (Å²) in [6, 6.07) is -0.621. The minimum absolute atomic E-state index is 0.0165. The summed E-state index contributed by atoms with van der Waals surface area (Å²) in [5, 5.41) is 23.0. The Balaban J connectivity index is 3.27. The van der Waals surface area contributed by atoms with Gasteiger partial charge in [-0.1, -0.05) is 372 Å². The molecule has 0 saturated heterocycles. The van der Waals surface area contributed by atoms with Crippen LogP contribution in [0.25, 0.3) is 0 Å². The zero-order valence-electron chi connectivity index (χ0n) is 55.0. The Hall–Kier alpha value is -1.66. The predicted octanol–water partition coefficient (Wildman–Crippen LogP) is 24.1. The van der Waals surface area contributed by atoms with E-state index in [9.17, 15) is 19.8 Å². The normalized spacial score (nSPS) is 12.6. The van der Waals surface area contributed by atoms with Crippen LogP contribution in [0, 0.1) is 0 Å². The number of aliphatic hydroxyl groups is 2. The van der Waals surface area contributed by atoms with E-state index in [0.717, 1.165) is 44.9 Å². The molecule has 2 atom stereocenters. The molecule has 0 aliphatic rings. The van der Waals surface area contributed by atoms with Gasteiger partial charge in [0, 0.05) is 12.8 Å². The molecule has 2 unspecified atom stereocenters. The van der Waals surface area contributed by atoms with E-state index in [2.05, 4.69) is 31.3 Å². The number of rotatable bonds is 70. The number of aliphatic hydroxyl groups excluding tert-OH is 2. The van der Waals surface area contributed by atoms with Gasteiger partial charge in [0.15, 0.2) is 0 Å². The van der Waals surface area contributed by atoms with E-state index in [1.165, 1.54) is 347 Å². The van der Waals surface area contributed by atoms with Gasteiger partial charge in [-0.15, -0.1) is 0 Å². The Bertz CT molecular complexity index is 1270. The Morgan fingerprint density at radius 1 is 0.333 bits per heavy atom. The highest BCUT2D eigenvalue weighted by Crippen LogP contribution is 2.19. The number of carbonyl (C=O) groups is 2. The number of allylic oxidation sites excluding steroid dienone is 3. The van der Waals surface area contributed by atoms with Crippen LogP contribution in [-0.4, -0.2) is 47.4 Å². The Kier molecular flexibility index (Phi) is 69.4. The zero-order valence-corrected chi connectivity index (χ0v) is 55.0. The first-order chi connectivity index (χ1) is 40.0. The maximum atomic E-state index is 12.4. The van der Waals surface area contributed by atoms with E-state index < -0.39 is 12.1 Å². The summed E-state index contributed by atoms with van der Waals surface area (Å²) in [7, 11) is 0. The molecule has 0 aromatic rings. The third-order valence-electron chi connectivity index (χ3n) is 17.5. The van der Waals surface area contributed by atoms with Crippen LogP contribution in [0.4, 0.5) is 0 Å². The molecule has 3 N–H and O–H groups in total. The molecule has 81 heavy (non-hydrogen) atoms. The fourth-order valence-electron chi connectivity index (χ4n) is 11.8. The lowest BCUT2D eigenvalue weighted by molar-refractivity contribution is -0.143. The molecule has 0 bridgehead atoms. The summed E-state index contributed by atoms with van der Waals surface area (Å²) in [6.07, 6.45) is 90.2. The van der Waals surface area contributed by atoms with E-state index in [0.29, 0.717) is 19.4 Å². The predicted molar refractivity (Wildman–Crippen MR) is 356 cm³/mol. The molecule has 0 rings (SSSR count). The zero-order chi connectivity index (χ0) is 58.5. The Morgan fingerprint density at radius 3 is 0.877 bits per heavy atom. The number of hydrogen-bond donors (Lipinski definition) is 3. The van der Waals surface area contributed by atoms with Crippen molar-refractivity contribution < 1.29 is 24.5 Å². The van der Waals surface area contributed by atoms with Gasteiger partial charge in [-0.2, -0.15) is 0 Å². The molecule has 480 valence electrons. The molecule has 0 heterocycles.